The standard InChI is InChI=1S/C19H22N4O3/c1-2-23-12-17(11-21-23)22-19(24)20-10-15-5-3-6-16(9-15)13-25-14-18-7-4-8-26-18/h3-9,11-12H,2,10,13-14H2,1H3,(H2,20,22,24). The second kappa shape index (κ2) is 8.87. The van der Waals surface area contributed by atoms with Crippen molar-refractivity contribution in [3.05, 3.63) is 71.9 Å². The molecule has 3 aromatic rings. The van der Waals surface area contributed by atoms with Crippen LogP contribution >= 0.6 is 0 Å². The van der Waals surface area contributed by atoms with Crippen molar-refractivity contribution in [1.82, 2.24) is 15.1 Å². The molecule has 0 unspecified atom stereocenters. The maximum Gasteiger partial charge on any atom is 0.319 e. The fraction of sp³-hybridized carbons (Fsp3) is 0.263. The van der Waals surface area contributed by atoms with Crippen LogP contribution in [0.1, 0.15) is 23.8 Å². The highest BCUT2D eigenvalue weighted by atomic mass is 16.5. The average Bonchev–Trinajstić information content (AvgIpc) is 3.32. The summed E-state index contributed by atoms with van der Waals surface area (Å²) >= 11 is 0. The largest absolute Gasteiger partial charge is 0.467 e. The molecule has 0 saturated carbocycles. The third kappa shape index (κ3) is 5.22. The number of hydrogen-bond donors (Lipinski definition) is 2. The lowest BCUT2D eigenvalue weighted by molar-refractivity contribution is 0.0929. The van der Waals surface area contributed by atoms with Gasteiger partial charge in [-0.05, 0) is 30.2 Å². The summed E-state index contributed by atoms with van der Waals surface area (Å²) in [6.45, 7) is 4.10. The van der Waals surface area contributed by atoms with Crippen molar-refractivity contribution in [2.24, 2.45) is 0 Å². The first kappa shape index (κ1) is 17.8. The van der Waals surface area contributed by atoms with Crippen LogP contribution in [-0.2, 0) is 31.0 Å². The van der Waals surface area contributed by atoms with Crippen LogP contribution in [0.25, 0.3) is 0 Å². The van der Waals surface area contributed by atoms with Gasteiger partial charge in [-0.3, -0.25) is 4.68 Å². The molecule has 0 saturated heterocycles. The number of furan rings is 1. The number of benzene rings is 1. The molecule has 7 nitrogen and oxygen atoms in total. The zero-order valence-electron chi connectivity index (χ0n) is 14.6. The average molecular weight is 354 g/mol. The number of carbonyl (C=O) groups is 1. The van der Waals surface area contributed by atoms with Gasteiger partial charge in [-0.25, -0.2) is 4.79 Å². The Morgan fingerprint density at radius 3 is 2.88 bits per heavy atom. The highest BCUT2D eigenvalue weighted by Crippen LogP contribution is 2.10. The van der Waals surface area contributed by atoms with Gasteiger partial charge in [0.15, 0.2) is 0 Å². The van der Waals surface area contributed by atoms with E-state index < -0.39 is 0 Å². The Hall–Kier alpha value is -3.06. The molecule has 0 atom stereocenters. The van der Waals surface area contributed by atoms with Gasteiger partial charge in [-0.1, -0.05) is 24.3 Å². The summed E-state index contributed by atoms with van der Waals surface area (Å²) in [4.78, 5) is 12.0. The minimum atomic E-state index is -0.264. The van der Waals surface area contributed by atoms with E-state index in [0.29, 0.717) is 25.4 Å². The lowest BCUT2D eigenvalue weighted by Crippen LogP contribution is -2.28. The minimum absolute atomic E-state index is 0.264. The Morgan fingerprint density at radius 2 is 2.12 bits per heavy atom. The summed E-state index contributed by atoms with van der Waals surface area (Å²) < 4.78 is 12.6. The van der Waals surface area contributed by atoms with Crippen molar-refractivity contribution in [3.8, 4) is 0 Å². The van der Waals surface area contributed by atoms with Gasteiger partial charge in [0.2, 0.25) is 0 Å². The smallest absolute Gasteiger partial charge is 0.319 e. The van der Waals surface area contributed by atoms with Crippen LogP contribution in [0.4, 0.5) is 10.5 Å². The van der Waals surface area contributed by atoms with E-state index in [1.54, 1.807) is 23.3 Å². The third-order valence-electron chi connectivity index (χ3n) is 3.75. The molecule has 2 heterocycles. The summed E-state index contributed by atoms with van der Waals surface area (Å²) in [7, 11) is 0. The van der Waals surface area contributed by atoms with Crippen molar-refractivity contribution in [3.63, 3.8) is 0 Å². The topological polar surface area (TPSA) is 81.3 Å². The van der Waals surface area contributed by atoms with Crippen LogP contribution in [0.5, 0.6) is 0 Å². The quantitative estimate of drug-likeness (QED) is 0.648. The molecule has 3 rings (SSSR count). The van der Waals surface area contributed by atoms with Crippen molar-refractivity contribution < 1.29 is 13.9 Å². The molecule has 136 valence electrons. The molecular weight excluding hydrogens is 332 g/mol. The highest BCUT2D eigenvalue weighted by molar-refractivity contribution is 5.88. The number of aromatic nitrogens is 2. The molecule has 1 aromatic carbocycles. The second-order valence-electron chi connectivity index (χ2n) is 5.78. The van der Waals surface area contributed by atoms with E-state index >= 15 is 0 Å². The van der Waals surface area contributed by atoms with Gasteiger partial charge in [0.1, 0.15) is 12.4 Å². The van der Waals surface area contributed by atoms with Gasteiger partial charge in [0, 0.05) is 19.3 Å². The van der Waals surface area contributed by atoms with E-state index in [9.17, 15) is 4.79 Å². The molecule has 0 aliphatic heterocycles. The normalized spacial score (nSPS) is 10.7. The Labute approximate surface area is 152 Å². The first-order valence-corrected chi connectivity index (χ1v) is 8.48. The van der Waals surface area contributed by atoms with Gasteiger partial charge in [-0.2, -0.15) is 5.10 Å². The Kier molecular flexibility index (Phi) is 6.05. The first-order chi connectivity index (χ1) is 12.7. The third-order valence-corrected chi connectivity index (χ3v) is 3.75. The number of anilines is 1. The molecule has 0 aliphatic carbocycles. The molecule has 7 heteroatoms. The van der Waals surface area contributed by atoms with E-state index in [1.165, 1.54) is 0 Å². The van der Waals surface area contributed by atoms with E-state index in [2.05, 4.69) is 15.7 Å². The predicted octanol–water partition coefficient (Wildman–Crippen LogP) is 3.53. The van der Waals surface area contributed by atoms with E-state index in [1.807, 2.05) is 43.3 Å². The van der Waals surface area contributed by atoms with Crippen LogP contribution in [0.3, 0.4) is 0 Å². The number of amides is 2. The van der Waals surface area contributed by atoms with E-state index in [4.69, 9.17) is 9.15 Å². The number of carbonyl (C=O) groups excluding carboxylic acids is 1. The number of aryl methyl sites for hydroxylation is 1. The van der Waals surface area contributed by atoms with Crippen molar-refractivity contribution in [2.75, 3.05) is 5.32 Å². The SMILES string of the molecule is CCn1cc(NC(=O)NCc2cccc(COCc3ccco3)c2)cn1. The molecule has 2 amide bonds. The van der Waals surface area contributed by atoms with Gasteiger partial charge >= 0.3 is 6.03 Å². The Bertz CT molecular complexity index is 827. The number of nitrogens with zero attached hydrogens (tertiary/aromatic N) is 2. The molecular formula is C19H22N4O3. The minimum Gasteiger partial charge on any atom is -0.467 e. The van der Waals surface area contributed by atoms with E-state index in [0.717, 1.165) is 23.4 Å². The van der Waals surface area contributed by atoms with Gasteiger partial charge in [-0.15, -0.1) is 0 Å². The van der Waals surface area contributed by atoms with Crippen LogP contribution < -0.4 is 10.6 Å². The molecule has 2 N–H and O–H groups in total. The van der Waals surface area contributed by atoms with Crippen molar-refractivity contribution in [2.45, 2.75) is 33.2 Å². The number of rotatable bonds is 8. The zero-order valence-corrected chi connectivity index (χ0v) is 14.6. The number of urea groups is 1. The maximum atomic E-state index is 12.0. The summed E-state index contributed by atoms with van der Waals surface area (Å²) in [5.74, 6) is 0.797. The maximum absolute atomic E-state index is 12.0. The van der Waals surface area contributed by atoms with Crippen molar-refractivity contribution in [1.29, 1.82) is 0 Å². The molecule has 0 bridgehead atoms. The molecule has 0 radical (unpaired) electrons. The second-order valence-corrected chi connectivity index (χ2v) is 5.78. The van der Waals surface area contributed by atoms with E-state index in [-0.39, 0.29) is 6.03 Å². The van der Waals surface area contributed by atoms with Gasteiger partial charge in [0.05, 0.1) is 24.8 Å². The number of nitrogens with one attached hydrogen (secondary N) is 2. The predicted molar refractivity (Wildman–Crippen MR) is 97.4 cm³/mol. The molecule has 0 spiro atoms. The Morgan fingerprint density at radius 1 is 1.23 bits per heavy atom. The molecule has 26 heavy (non-hydrogen) atoms. The van der Waals surface area contributed by atoms with Gasteiger partial charge < -0.3 is 19.8 Å². The number of hydrogen-bond acceptors (Lipinski definition) is 4. The monoisotopic (exact) mass is 354 g/mol. The van der Waals surface area contributed by atoms with Crippen LogP contribution in [0.2, 0.25) is 0 Å². The summed E-state index contributed by atoms with van der Waals surface area (Å²) in [5.41, 5.74) is 2.72. The van der Waals surface area contributed by atoms with Gasteiger partial charge in [0.25, 0.3) is 0 Å². The molecule has 0 aliphatic rings. The number of ether oxygens (including phenoxy) is 1. The Balaban J connectivity index is 1.44. The van der Waals surface area contributed by atoms with Crippen LogP contribution in [-0.4, -0.2) is 15.8 Å². The van der Waals surface area contributed by atoms with Crippen LogP contribution in [0.15, 0.2) is 59.5 Å². The lowest BCUT2D eigenvalue weighted by atomic mass is 10.1. The fourth-order valence-corrected chi connectivity index (χ4v) is 2.45. The van der Waals surface area contributed by atoms with Crippen molar-refractivity contribution >= 4 is 11.7 Å². The molecule has 2 aromatic heterocycles. The van der Waals surface area contributed by atoms with Crippen LogP contribution in [0, 0.1) is 0 Å². The summed E-state index contributed by atoms with van der Waals surface area (Å²) in [6, 6.07) is 11.4. The summed E-state index contributed by atoms with van der Waals surface area (Å²) in [5, 5.41) is 9.72. The zero-order chi connectivity index (χ0) is 18.2. The first-order valence-electron chi connectivity index (χ1n) is 8.48. The lowest BCUT2D eigenvalue weighted by Gasteiger charge is -2.08. The highest BCUT2D eigenvalue weighted by Gasteiger charge is 2.04. The molecule has 0 fully saturated rings. The fourth-order valence-electron chi connectivity index (χ4n) is 2.45. The summed E-state index contributed by atoms with van der Waals surface area (Å²) in [6.07, 6.45) is 5.04.